The first-order chi connectivity index (χ1) is 3.91. The van der Waals surface area contributed by atoms with Crippen LogP contribution in [0.5, 0.6) is 0 Å². The van der Waals surface area contributed by atoms with Gasteiger partial charge in [0.25, 0.3) is 0 Å². The highest BCUT2D eigenvalue weighted by Crippen LogP contribution is 1.86. The molecule has 0 nitrogen and oxygen atoms in total. The fraction of sp³-hybridized carbons (Fsp3) is 0.500. The van der Waals surface area contributed by atoms with Crippen LogP contribution in [0, 0.1) is 0 Å². The van der Waals surface area contributed by atoms with Crippen molar-refractivity contribution in [3.8, 4) is 0 Å². The lowest BCUT2D eigenvalue weighted by Crippen LogP contribution is -1.56. The third-order valence-corrected chi connectivity index (χ3v) is 0.575. The van der Waals surface area contributed by atoms with E-state index in [1.54, 1.807) is 0 Å². The minimum atomic E-state index is 1.06. The maximum atomic E-state index is 3.55. The highest BCUT2D eigenvalue weighted by atomic mass is 13.7. The Morgan fingerprint density at radius 1 is 1.00 bits per heavy atom. The molecule has 0 aromatic rings. The predicted molar refractivity (Wildman–Crippen MR) is 41.0 cm³/mol. The van der Waals surface area contributed by atoms with Gasteiger partial charge in [0.15, 0.2) is 0 Å². The summed E-state index contributed by atoms with van der Waals surface area (Å²) in [4.78, 5) is 0. The SMILES string of the molecule is C=CCCC=C.CC. The summed E-state index contributed by atoms with van der Waals surface area (Å²) in [6, 6.07) is 0. The molecule has 48 valence electrons. The first kappa shape index (κ1) is 10.5. The number of rotatable bonds is 3. The van der Waals surface area contributed by atoms with Crippen LogP contribution >= 0.6 is 0 Å². The van der Waals surface area contributed by atoms with Crippen LogP contribution in [-0.2, 0) is 0 Å². The molecule has 0 bridgehead atoms. The Balaban J connectivity index is 0. The van der Waals surface area contributed by atoms with Gasteiger partial charge in [-0.2, -0.15) is 0 Å². The molecular weight excluding hydrogens is 96.1 g/mol. The summed E-state index contributed by atoms with van der Waals surface area (Å²) in [5.74, 6) is 0. The van der Waals surface area contributed by atoms with E-state index in [1.807, 2.05) is 26.0 Å². The van der Waals surface area contributed by atoms with Gasteiger partial charge in [-0.25, -0.2) is 0 Å². The quantitative estimate of drug-likeness (QED) is 0.388. The van der Waals surface area contributed by atoms with Crippen LogP contribution in [-0.4, -0.2) is 0 Å². The summed E-state index contributed by atoms with van der Waals surface area (Å²) >= 11 is 0. The summed E-state index contributed by atoms with van der Waals surface area (Å²) in [5.41, 5.74) is 0. The number of hydrogen-bond acceptors (Lipinski definition) is 0. The molecule has 0 aliphatic carbocycles. The molecule has 0 fully saturated rings. The second kappa shape index (κ2) is 16.1. The second-order valence-corrected chi connectivity index (χ2v) is 1.15. The highest BCUT2D eigenvalue weighted by molar-refractivity contribution is 4.74. The van der Waals surface area contributed by atoms with Crippen LogP contribution < -0.4 is 0 Å². The Bertz CT molecular complexity index is 36.0. The van der Waals surface area contributed by atoms with Crippen molar-refractivity contribution in [3.63, 3.8) is 0 Å². The third-order valence-electron chi connectivity index (χ3n) is 0.575. The zero-order valence-corrected chi connectivity index (χ0v) is 5.98. The molecule has 0 aliphatic rings. The van der Waals surface area contributed by atoms with E-state index in [0.717, 1.165) is 12.8 Å². The van der Waals surface area contributed by atoms with E-state index in [-0.39, 0.29) is 0 Å². The lowest BCUT2D eigenvalue weighted by atomic mass is 10.3. The summed E-state index contributed by atoms with van der Waals surface area (Å²) in [5, 5.41) is 0. The van der Waals surface area contributed by atoms with Crippen molar-refractivity contribution in [1.82, 2.24) is 0 Å². The van der Waals surface area contributed by atoms with Crippen LogP contribution in [0.25, 0.3) is 0 Å². The van der Waals surface area contributed by atoms with E-state index < -0.39 is 0 Å². The Kier molecular flexibility index (Phi) is 21.0. The molecule has 0 saturated carbocycles. The molecule has 0 aromatic heterocycles. The molecule has 0 aliphatic heterocycles. The molecule has 0 atom stereocenters. The predicted octanol–water partition coefficient (Wildman–Crippen LogP) is 3.16. The maximum absolute atomic E-state index is 3.55. The molecule has 0 unspecified atom stereocenters. The van der Waals surface area contributed by atoms with Gasteiger partial charge in [-0.15, -0.1) is 13.2 Å². The number of unbranched alkanes of at least 4 members (excludes halogenated alkanes) is 1. The van der Waals surface area contributed by atoms with Crippen LogP contribution in [0.2, 0.25) is 0 Å². The average Bonchev–Trinajstić information content (AvgIpc) is 1.88. The second-order valence-electron chi connectivity index (χ2n) is 1.15. The molecule has 0 amide bonds. The van der Waals surface area contributed by atoms with E-state index in [0.29, 0.717) is 0 Å². The van der Waals surface area contributed by atoms with Gasteiger partial charge in [-0.05, 0) is 12.8 Å². The summed E-state index contributed by atoms with van der Waals surface area (Å²) in [7, 11) is 0. The highest BCUT2D eigenvalue weighted by Gasteiger charge is 1.66. The maximum Gasteiger partial charge on any atom is -0.0319 e. The van der Waals surface area contributed by atoms with Crippen LogP contribution in [0.15, 0.2) is 25.3 Å². The van der Waals surface area contributed by atoms with E-state index in [2.05, 4.69) is 13.2 Å². The van der Waals surface area contributed by atoms with Crippen molar-refractivity contribution in [1.29, 1.82) is 0 Å². The van der Waals surface area contributed by atoms with Crippen molar-refractivity contribution in [2.75, 3.05) is 0 Å². The largest absolute Gasteiger partial charge is 0.103 e. The first-order valence-electron chi connectivity index (χ1n) is 3.13. The molecular formula is C8H16. The minimum Gasteiger partial charge on any atom is -0.103 e. The van der Waals surface area contributed by atoms with Crippen molar-refractivity contribution in [2.45, 2.75) is 26.7 Å². The molecule has 8 heavy (non-hydrogen) atoms. The van der Waals surface area contributed by atoms with E-state index in [4.69, 9.17) is 0 Å². The van der Waals surface area contributed by atoms with Gasteiger partial charge in [-0.1, -0.05) is 26.0 Å². The first-order valence-corrected chi connectivity index (χ1v) is 3.13. The van der Waals surface area contributed by atoms with Gasteiger partial charge < -0.3 is 0 Å². The van der Waals surface area contributed by atoms with E-state index in [9.17, 15) is 0 Å². The van der Waals surface area contributed by atoms with Gasteiger partial charge in [0, 0.05) is 0 Å². The molecule has 0 spiro atoms. The standard InChI is InChI=1S/C6H10.C2H6/c1-3-5-6-4-2;1-2/h3-4H,1-2,5-6H2;1-2H3. The van der Waals surface area contributed by atoms with Crippen LogP contribution in [0.4, 0.5) is 0 Å². The number of hydrogen-bond donors (Lipinski definition) is 0. The number of allylic oxidation sites excluding steroid dienone is 2. The zero-order valence-electron chi connectivity index (χ0n) is 5.98. The van der Waals surface area contributed by atoms with Gasteiger partial charge in [0.05, 0.1) is 0 Å². The summed E-state index contributed by atoms with van der Waals surface area (Å²) < 4.78 is 0. The molecule has 0 heteroatoms. The molecule has 0 rings (SSSR count). The smallest absolute Gasteiger partial charge is 0.0319 e. The van der Waals surface area contributed by atoms with Crippen LogP contribution in [0.1, 0.15) is 26.7 Å². The van der Waals surface area contributed by atoms with E-state index in [1.165, 1.54) is 0 Å². The average molecular weight is 112 g/mol. The third kappa shape index (κ3) is 17.9. The van der Waals surface area contributed by atoms with Crippen molar-refractivity contribution < 1.29 is 0 Å². The Hall–Kier alpha value is -0.520. The van der Waals surface area contributed by atoms with Crippen molar-refractivity contribution >= 4 is 0 Å². The fourth-order valence-electron chi connectivity index (χ4n) is 0.236. The monoisotopic (exact) mass is 112 g/mol. The van der Waals surface area contributed by atoms with Crippen molar-refractivity contribution in [3.05, 3.63) is 25.3 Å². The fourth-order valence-corrected chi connectivity index (χ4v) is 0.236. The molecule has 0 aromatic carbocycles. The van der Waals surface area contributed by atoms with Crippen molar-refractivity contribution in [2.24, 2.45) is 0 Å². The normalized spacial score (nSPS) is 6.25. The zero-order chi connectivity index (χ0) is 6.83. The van der Waals surface area contributed by atoms with Gasteiger partial charge >= 0.3 is 0 Å². The van der Waals surface area contributed by atoms with Crippen LogP contribution in [0.3, 0.4) is 0 Å². The van der Waals surface area contributed by atoms with E-state index >= 15 is 0 Å². The lowest BCUT2D eigenvalue weighted by molar-refractivity contribution is 1.06. The Morgan fingerprint density at radius 3 is 1.38 bits per heavy atom. The van der Waals surface area contributed by atoms with Gasteiger partial charge in [0.2, 0.25) is 0 Å². The molecule has 0 radical (unpaired) electrons. The van der Waals surface area contributed by atoms with Gasteiger partial charge in [0.1, 0.15) is 0 Å². The summed E-state index contributed by atoms with van der Waals surface area (Å²) in [6.07, 6.45) is 5.90. The topological polar surface area (TPSA) is 0 Å². The van der Waals surface area contributed by atoms with Gasteiger partial charge in [-0.3, -0.25) is 0 Å². The Labute approximate surface area is 52.9 Å². The molecule has 0 heterocycles. The Morgan fingerprint density at radius 2 is 1.25 bits per heavy atom. The lowest BCUT2D eigenvalue weighted by Gasteiger charge is -1.76. The molecule has 0 N–H and O–H groups in total. The summed E-state index contributed by atoms with van der Waals surface area (Å²) in [6.45, 7) is 11.1. The molecule has 0 saturated heterocycles. The minimum absolute atomic E-state index is 1.06.